The van der Waals surface area contributed by atoms with Crippen molar-refractivity contribution in [2.24, 2.45) is 0 Å². The molecule has 2 N–H and O–H groups in total. The van der Waals surface area contributed by atoms with Crippen molar-refractivity contribution in [3.05, 3.63) is 59.2 Å². The second kappa shape index (κ2) is 6.35. The molecule has 5 heteroatoms. The Kier molecular flexibility index (Phi) is 4.52. The molecule has 4 nitrogen and oxygen atoms in total. The van der Waals surface area contributed by atoms with Gasteiger partial charge < -0.3 is 10.6 Å². The number of amides is 1. The summed E-state index contributed by atoms with van der Waals surface area (Å²) in [5.41, 5.74) is 7.77. The second-order valence-electron chi connectivity index (χ2n) is 4.86. The predicted molar refractivity (Wildman–Crippen MR) is 80.2 cm³/mol. The zero-order valence-electron chi connectivity index (χ0n) is 12.1. The summed E-state index contributed by atoms with van der Waals surface area (Å²) in [4.78, 5) is 18.4. The topological polar surface area (TPSA) is 59.2 Å². The van der Waals surface area contributed by atoms with Crippen molar-refractivity contribution in [3.8, 4) is 0 Å². The molecule has 2 rings (SSSR count). The summed E-state index contributed by atoms with van der Waals surface area (Å²) < 4.78 is 13.4. The van der Waals surface area contributed by atoms with Crippen LogP contribution in [-0.2, 0) is 6.54 Å². The number of nitrogen functional groups attached to an aromatic ring is 1. The third-order valence-electron chi connectivity index (χ3n) is 3.13. The highest BCUT2D eigenvalue weighted by Crippen LogP contribution is 2.14. The van der Waals surface area contributed by atoms with Gasteiger partial charge in [-0.25, -0.2) is 4.39 Å². The van der Waals surface area contributed by atoms with E-state index in [-0.39, 0.29) is 17.2 Å². The molecule has 0 fully saturated rings. The number of nitrogens with two attached hydrogens (primary N) is 1. The molecule has 1 aromatic heterocycles. The Balaban J connectivity index is 2.22. The molecule has 1 amide bonds. The number of carbonyl (C=O) groups is 1. The van der Waals surface area contributed by atoms with Crippen LogP contribution in [0, 0.1) is 12.7 Å². The first-order valence-electron chi connectivity index (χ1n) is 6.77. The van der Waals surface area contributed by atoms with Crippen molar-refractivity contribution in [1.82, 2.24) is 9.88 Å². The molecule has 0 aliphatic heterocycles. The fraction of sp³-hybridized carbons (Fsp3) is 0.250. The maximum atomic E-state index is 13.4. The molecule has 0 saturated carbocycles. The maximum absolute atomic E-state index is 13.4. The van der Waals surface area contributed by atoms with Crippen LogP contribution in [0.15, 0.2) is 36.4 Å². The van der Waals surface area contributed by atoms with E-state index in [9.17, 15) is 9.18 Å². The highest BCUT2D eigenvalue weighted by Gasteiger charge is 2.16. The van der Waals surface area contributed by atoms with Crippen LogP contribution in [0.25, 0.3) is 0 Å². The van der Waals surface area contributed by atoms with E-state index in [4.69, 9.17) is 5.73 Å². The van der Waals surface area contributed by atoms with Crippen molar-refractivity contribution >= 4 is 11.6 Å². The van der Waals surface area contributed by atoms with E-state index in [0.717, 1.165) is 11.4 Å². The van der Waals surface area contributed by atoms with Gasteiger partial charge in [0.1, 0.15) is 5.82 Å². The van der Waals surface area contributed by atoms with Gasteiger partial charge in [0.15, 0.2) is 0 Å². The molecule has 110 valence electrons. The Bertz CT molecular complexity index is 637. The summed E-state index contributed by atoms with van der Waals surface area (Å²) in [5.74, 6) is -0.768. The number of rotatable bonds is 4. The molecule has 0 spiro atoms. The second-order valence-corrected chi connectivity index (χ2v) is 4.86. The number of carbonyl (C=O) groups excluding carboxylic acids is 1. The zero-order valence-corrected chi connectivity index (χ0v) is 12.1. The highest BCUT2D eigenvalue weighted by atomic mass is 19.1. The molecule has 0 radical (unpaired) electrons. The normalized spacial score (nSPS) is 10.4. The minimum atomic E-state index is -0.511. The van der Waals surface area contributed by atoms with Gasteiger partial charge in [0.2, 0.25) is 0 Å². The first kappa shape index (κ1) is 15.0. The van der Waals surface area contributed by atoms with E-state index in [1.54, 1.807) is 4.90 Å². The minimum Gasteiger partial charge on any atom is -0.399 e. The first-order chi connectivity index (χ1) is 9.99. The van der Waals surface area contributed by atoms with E-state index in [0.29, 0.717) is 13.1 Å². The molecule has 0 bridgehead atoms. The average Bonchev–Trinajstić information content (AvgIpc) is 2.43. The molecule has 2 aromatic rings. The summed E-state index contributed by atoms with van der Waals surface area (Å²) in [6.45, 7) is 4.66. The van der Waals surface area contributed by atoms with Crippen molar-refractivity contribution < 1.29 is 9.18 Å². The van der Waals surface area contributed by atoms with Crippen LogP contribution < -0.4 is 5.73 Å². The number of hydrogen-bond acceptors (Lipinski definition) is 3. The van der Waals surface area contributed by atoms with Gasteiger partial charge in [-0.1, -0.05) is 6.07 Å². The van der Waals surface area contributed by atoms with Crippen LogP contribution in [0.4, 0.5) is 10.1 Å². The maximum Gasteiger partial charge on any atom is 0.254 e. The molecular weight excluding hydrogens is 269 g/mol. The van der Waals surface area contributed by atoms with Gasteiger partial charge in [0, 0.05) is 23.5 Å². The number of anilines is 1. The van der Waals surface area contributed by atoms with Gasteiger partial charge in [-0.05, 0) is 44.2 Å². The molecule has 21 heavy (non-hydrogen) atoms. The Morgan fingerprint density at radius 3 is 2.71 bits per heavy atom. The lowest BCUT2D eigenvalue weighted by Crippen LogP contribution is -2.30. The Labute approximate surface area is 123 Å². The first-order valence-corrected chi connectivity index (χ1v) is 6.77. The van der Waals surface area contributed by atoms with Gasteiger partial charge in [-0.15, -0.1) is 0 Å². The molecule has 0 saturated heterocycles. The summed E-state index contributed by atoms with van der Waals surface area (Å²) in [6.07, 6.45) is 0. The van der Waals surface area contributed by atoms with Crippen molar-refractivity contribution in [1.29, 1.82) is 0 Å². The minimum absolute atomic E-state index is 0.239. The number of pyridine rings is 1. The molecule has 0 aliphatic rings. The number of aryl methyl sites for hydroxylation is 1. The van der Waals surface area contributed by atoms with Crippen LogP contribution in [0.2, 0.25) is 0 Å². The number of nitrogens with zero attached hydrogens (tertiary/aromatic N) is 2. The zero-order chi connectivity index (χ0) is 15.4. The lowest BCUT2D eigenvalue weighted by molar-refractivity contribution is 0.0750. The standard InChI is InChI=1S/C16H18FN3O/c1-3-20(10-15-6-4-5-11(2)19-15)16(21)12-7-13(17)9-14(18)8-12/h4-9H,3,10,18H2,1-2H3. The number of aromatic nitrogens is 1. The van der Waals surface area contributed by atoms with Crippen LogP contribution in [0.3, 0.4) is 0 Å². The molecule has 1 heterocycles. The fourth-order valence-corrected chi connectivity index (χ4v) is 2.13. The lowest BCUT2D eigenvalue weighted by atomic mass is 10.1. The molecule has 0 aliphatic carbocycles. The Morgan fingerprint density at radius 1 is 1.33 bits per heavy atom. The van der Waals surface area contributed by atoms with Crippen molar-refractivity contribution in [3.63, 3.8) is 0 Å². The van der Waals surface area contributed by atoms with E-state index >= 15 is 0 Å². The van der Waals surface area contributed by atoms with Gasteiger partial charge in [-0.3, -0.25) is 9.78 Å². The third-order valence-corrected chi connectivity index (χ3v) is 3.13. The smallest absolute Gasteiger partial charge is 0.254 e. The average molecular weight is 287 g/mol. The number of hydrogen-bond donors (Lipinski definition) is 1. The quantitative estimate of drug-likeness (QED) is 0.880. The van der Waals surface area contributed by atoms with Crippen LogP contribution >= 0.6 is 0 Å². The fourth-order valence-electron chi connectivity index (χ4n) is 2.13. The molecule has 1 aromatic carbocycles. The third kappa shape index (κ3) is 3.78. The summed E-state index contributed by atoms with van der Waals surface area (Å²) in [5, 5.41) is 0. The summed E-state index contributed by atoms with van der Waals surface area (Å²) in [7, 11) is 0. The van der Waals surface area contributed by atoms with Crippen molar-refractivity contribution in [2.45, 2.75) is 20.4 Å². The van der Waals surface area contributed by atoms with Crippen molar-refractivity contribution in [2.75, 3.05) is 12.3 Å². The molecular formula is C16H18FN3O. The van der Waals surface area contributed by atoms with E-state index in [1.807, 2.05) is 32.0 Å². The highest BCUT2D eigenvalue weighted by molar-refractivity contribution is 5.95. The number of benzene rings is 1. The van der Waals surface area contributed by atoms with Crippen LogP contribution in [0.5, 0.6) is 0 Å². The predicted octanol–water partition coefficient (Wildman–Crippen LogP) is 2.77. The van der Waals surface area contributed by atoms with Gasteiger partial charge >= 0.3 is 0 Å². The largest absolute Gasteiger partial charge is 0.399 e. The van der Waals surface area contributed by atoms with Crippen LogP contribution in [0.1, 0.15) is 28.7 Å². The Morgan fingerprint density at radius 2 is 2.10 bits per heavy atom. The van der Waals surface area contributed by atoms with E-state index in [1.165, 1.54) is 18.2 Å². The van der Waals surface area contributed by atoms with Crippen LogP contribution in [-0.4, -0.2) is 22.3 Å². The van der Waals surface area contributed by atoms with Gasteiger partial charge in [0.05, 0.1) is 12.2 Å². The SMILES string of the molecule is CCN(Cc1cccc(C)n1)C(=O)c1cc(N)cc(F)c1. The molecule has 0 atom stereocenters. The number of halogens is 1. The van der Waals surface area contributed by atoms with E-state index < -0.39 is 5.82 Å². The summed E-state index contributed by atoms with van der Waals surface area (Å²) >= 11 is 0. The lowest BCUT2D eigenvalue weighted by Gasteiger charge is -2.21. The van der Waals surface area contributed by atoms with E-state index in [2.05, 4.69) is 4.98 Å². The summed E-state index contributed by atoms with van der Waals surface area (Å²) in [6, 6.07) is 9.53. The Hall–Kier alpha value is -2.43. The monoisotopic (exact) mass is 287 g/mol. The molecule has 0 unspecified atom stereocenters. The van der Waals surface area contributed by atoms with Gasteiger partial charge in [-0.2, -0.15) is 0 Å². The van der Waals surface area contributed by atoms with Gasteiger partial charge in [0.25, 0.3) is 5.91 Å².